The van der Waals surface area contributed by atoms with Gasteiger partial charge in [0.05, 0.1) is 17.4 Å². The number of anilines is 1. The van der Waals surface area contributed by atoms with E-state index in [0.29, 0.717) is 5.92 Å². The summed E-state index contributed by atoms with van der Waals surface area (Å²) in [5, 5.41) is 4.29. The Kier molecular flexibility index (Phi) is 3.33. The zero-order chi connectivity index (χ0) is 15.1. The van der Waals surface area contributed by atoms with Gasteiger partial charge in [-0.05, 0) is 40.0 Å². The van der Waals surface area contributed by atoms with E-state index in [1.165, 1.54) is 11.3 Å². The lowest BCUT2D eigenvalue weighted by molar-refractivity contribution is 0.754. The molecule has 0 bridgehead atoms. The molecule has 0 radical (unpaired) electrons. The molecule has 112 valence electrons. The minimum absolute atomic E-state index is 0.535. The van der Waals surface area contributed by atoms with Crippen molar-refractivity contribution in [3.63, 3.8) is 0 Å². The largest absolute Gasteiger partial charge is 0.369 e. The molecule has 1 aliphatic heterocycles. The summed E-state index contributed by atoms with van der Waals surface area (Å²) in [5.41, 5.74) is 4.39. The molecule has 4 heterocycles. The lowest BCUT2D eigenvalue weighted by Crippen LogP contribution is -2.19. The summed E-state index contributed by atoms with van der Waals surface area (Å²) in [6.45, 7) is 2.04. The highest BCUT2D eigenvalue weighted by atomic mass is 79.9. The van der Waals surface area contributed by atoms with Crippen molar-refractivity contribution in [2.45, 2.75) is 12.3 Å². The van der Waals surface area contributed by atoms with Crippen LogP contribution in [0.5, 0.6) is 0 Å². The van der Waals surface area contributed by atoms with Gasteiger partial charge in [-0.3, -0.25) is 14.6 Å². The summed E-state index contributed by atoms with van der Waals surface area (Å²) < 4.78 is 2.83. The maximum Gasteiger partial charge on any atom is 0.112 e. The molecule has 1 fully saturated rings. The molecule has 0 aliphatic carbocycles. The van der Waals surface area contributed by atoms with Crippen molar-refractivity contribution in [2.75, 3.05) is 18.0 Å². The third-order valence-electron chi connectivity index (χ3n) is 4.25. The predicted octanol–water partition coefficient (Wildman–Crippen LogP) is 3.12. The molecule has 0 aromatic carbocycles. The highest BCUT2D eigenvalue weighted by molar-refractivity contribution is 9.10. The lowest BCUT2D eigenvalue weighted by Gasteiger charge is -2.19. The molecule has 1 unspecified atom stereocenters. The number of nitrogens with zero attached hydrogens (tertiary/aromatic N) is 5. The van der Waals surface area contributed by atoms with Crippen molar-refractivity contribution in [1.29, 1.82) is 0 Å². The SMILES string of the molecule is Cn1cc(C2CCN(c3ccnc4cc(Br)cnc34)C2)cn1. The predicted molar refractivity (Wildman–Crippen MR) is 90.0 cm³/mol. The summed E-state index contributed by atoms with van der Waals surface area (Å²) in [7, 11) is 1.97. The van der Waals surface area contributed by atoms with Gasteiger partial charge in [-0.2, -0.15) is 5.10 Å². The number of aromatic nitrogens is 4. The van der Waals surface area contributed by atoms with Gasteiger partial charge in [-0.1, -0.05) is 0 Å². The third kappa shape index (κ3) is 2.37. The zero-order valence-electron chi connectivity index (χ0n) is 12.3. The first kappa shape index (κ1) is 13.7. The van der Waals surface area contributed by atoms with Crippen molar-refractivity contribution in [2.24, 2.45) is 7.05 Å². The van der Waals surface area contributed by atoms with Gasteiger partial charge in [-0.25, -0.2) is 0 Å². The highest BCUT2D eigenvalue weighted by Gasteiger charge is 2.26. The van der Waals surface area contributed by atoms with Crippen LogP contribution in [-0.4, -0.2) is 32.8 Å². The number of aryl methyl sites for hydroxylation is 1. The van der Waals surface area contributed by atoms with Crippen molar-refractivity contribution < 1.29 is 0 Å². The van der Waals surface area contributed by atoms with Gasteiger partial charge in [-0.15, -0.1) is 0 Å². The van der Waals surface area contributed by atoms with Crippen LogP contribution in [0.25, 0.3) is 11.0 Å². The molecule has 0 N–H and O–H groups in total. The number of hydrogen-bond donors (Lipinski definition) is 0. The summed E-state index contributed by atoms with van der Waals surface area (Å²) in [6.07, 6.45) is 8.94. The molecule has 3 aromatic heterocycles. The van der Waals surface area contributed by atoms with Crippen LogP contribution in [0.4, 0.5) is 5.69 Å². The fourth-order valence-electron chi connectivity index (χ4n) is 3.15. The van der Waals surface area contributed by atoms with E-state index >= 15 is 0 Å². The van der Waals surface area contributed by atoms with Crippen LogP contribution in [0.1, 0.15) is 17.9 Å². The second kappa shape index (κ2) is 5.35. The standard InChI is InChI=1S/C16H16BrN5/c1-21-9-12(7-20-21)11-3-5-22(10-11)15-2-4-18-14-6-13(17)8-19-16(14)15/h2,4,6-9,11H,3,5,10H2,1H3. The number of rotatable bonds is 2. The molecule has 0 spiro atoms. The van der Waals surface area contributed by atoms with Gasteiger partial charge in [0.1, 0.15) is 5.52 Å². The average molecular weight is 358 g/mol. The molecule has 1 saturated heterocycles. The Balaban J connectivity index is 1.66. The Bertz CT molecular complexity index is 828. The Hall–Kier alpha value is -1.95. The average Bonchev–Trinajstić information content (AvgIpc) is 3.15. The molecule has 5 nitrogen and oxygen atoms in total. The summed E-state index contributed by atoms with van der Waals surface area (Å²) in [4.78, 5) is 11.4. The molecule has 0 saturated carbocycles. The molecule has 22 heavy (non-hydrogen) atoms. The topological polar surface area (TPSA) is 46.8 Å². The first-order valence-electron chi connectivity index (χ1n) is 7.34. The monoisotopic (exact) mass is 357 g/mol. The Labute approximate surface area is 137 Å². The summed E-state index contributed by atoms with van der Waals surface area (Å²) in [5.74, 6) is 0.535. The molecule has 1 atom stereocenters. The van der Waals surface area contributed by atoms with Crippen molar-refractivity contribution in [1.82, 2.24) is 19.7 Å². The van der Waals surface area contributed by atoms with E-state index in [1.807, 2.05) is 36.4 Å². The van der Waals surface area contributed by atoms with Gasteiger partial charge < -0.3 is 4.90 Å². The van der Waals surface area contributed by atoms with E-state index in [1.54, 1.807) is 0 Å². The van der Waals surface area contributed by atoms with Crippen LogP contribution < -0.4 is 4.90 Å². The second-order valence-corrected chi connectivity index (χ2v) is 6.65. The number of halogens is 1. The molecular weight excluding hydrogens is 342 g/mol. The normalized spacial score (nSPS) is 18.3. The maximum atomic E-state index is 4.56. The van der Waals surface area contributed by atoms with Crippen LogP contribution in [0.3, 0.4) is 0 Å². The van der Waals surface area contributed by atoms with Crippen LogP contribution in [0.15, 0.2) is 41.4 Å². The molecule has 4 rings (SSSR count). The van der Waals surface area contributed by atoms with Gasteiger partial charge in [0.2, 0.25) is 0 Å². The first-order chi connectivity index (χ1) is 10.7. The summed E-state index contributed by atoms with van der Waals surface area (Å²) >= 11 is 3.46. The lowest BCUT2D eigenvalue weighted by atomic mass is 10.0. The van der Waals surface area contributed by atoms with Crippen molar-refractivity contribution in [3.8, 4) is 0 Å². The number of pyridine rings is 2. The summed E-state index contributed by atoms with van der Waals surface area (Å²) in [6, 6.07) is 4.08. The van der Waals surface area contributed by atoms with Gasteiger partial charge in [0.25, 0.3) is 0 Å². The third-order valence-corrected chi connectivity index (χ3v) is 4.68. The van der Waals surface area contributed by atoms with E-state index in [9.17, 15) is 0 Å². The van der Waals surface area contributed by atoms with Crippen LogP contribution in [0, 0.1) is 0 Å². The molecule has 3 aromatic rings. The van der Waals surface area contributed by atoms with Gasteiger partial charge in [0.15, 0.2) is 0 Å². The second-order valence-electron chi connectivity index (χ2n) is 5.73. The smallest absolute Gasteiger partial charge is 0.112 e. The molecular formula is C16H16BrN5. The molecule has 0 amide bonds. The van der Waals surface area contributed by atoms with Crippen LogP contribution in [0.2, 0.25) is 0 Å². The van der Waals surface area contributed by atoms with Crippen molar-refractivity contribution >= 4 is 32.7 Å². The quantitative estimate of drug-likeness (QED) is 0.706. The minimum atomic E-state index is 0.535. The Morgan fingerprint density at radius 1 is 1.27 bits per heavy atom. The molecule has 1 aliphatic rings. The van der Waals surface area contributed by atoms with E-state index in [2.05, 4.69) is 48.2 Å². The van der Waals surface area contributed by atoms with Gasteiger partial charge >= 0.3 is 0 Å². The molecule has 6 heteroatoms. The highest BCUT2D eigenvalue weighted by Crippen LogP contribution is 2.33. The van der Waals surface area contributed by atoms with Crippen LogP contribution in [-0.2, 0) is 7.05 Å². The fourth-order valence-corrected chi connectivity index (χ4v) is 3.47. The fraction of sp³-hybridized carbons (Fsp3) is 0.312. The number of fused-ring (bicyclic) bond motifs is 1. The maximum absolute atomic E-state index is 4.56. The van der Waals surface area contributed by atoms with E-state index in [-0.39, 0.29) is 0 Å². The van der Waals surface area contributed by atoms with Gasteiger partial charge in [0, 0.05) is 49.1 Å². The number of hydrogen-bond acceptors (Lipinski definition) is 4. The first-order valence-corrected chi connectivity index (χ1v) is 8.14. The zero-order valence-corrected chi connectivity index (χ0v) is 13.9. The minimum Gasteiger partial charge on any atom is -0.369 e. The van der Waals surface area contributed by atoms with Crippen LogP contribution >= 0.6 is 15.9 Å². The van der Waals surface area contributed by atoms with E-state index < -0.39 is 0 Å². The van der Waals surface area contributed by atoms with Crippen molar-refractivity contribution in [3.05, 3.63) is 47.0 Å². The van der Waals surface area contributed by atoms with E-state index in [4.69, 9.17) is 0 Å². The Morgan fingerprint density at radius 3 is 3.00 bits per heavy atom. The Morgan fingerprint density at radius 2 is 2.18 bits per heavy atom. The van der Waals surface area contributed by atoms with E-state index in [0.717, 1.165) is 35.0 Å².